The molecule has 1 heterocycles. The minimum atomic E-state index is -0.421. The normalized spacial score (nSPS) is 15.0. The van der Waals surface area contributed by atoms with Crippen molar-refractivity contribution in [3.05, 3.63) is 105 Å². The molecule has 0 aliphatic carbocycles. The first kappa shape index (κ1) is 22.1. The maximum absolute atomic E-state index is 13.9. The largest absolute Gasteiger partial charge is 0.489 e. The molecule has 1 saturated heterocycles. The van der Waals surface area contributed by atoms with Crippen LogP contribution in [0.5, 0.6) is 5.75 Å². The van der Waals surface area contributed by atoms with Crippen molar-refractivity contribution in [2.75, 3.05) is 0 Å². The second-order valence-corrected chi connectivity index (χ2v) is 8.71. The molecule has 0 aromatic heterocycles. The van der Waals surface area contributed by atoms with E-state index in [1.807, 2.05) is 31.2 Å². The minimum Gasteiger partial charge on any atom is -0.489 e. The zero-order valence-corrected chi connectivity index (χ0v) is 18.8. The zero-order valence-electron chi connectivity index (χ0n) is 17.2. The van der Waals surface area contributed by atoms with E-state index < -0.39 is 5.82 Å². The average molecular weight is 468 g/mol. The SMILES string of the molecule is Cc1ccc(CN2C(=O)S/C(=C\c3ccc(OCc4c(F)cccc4Cl)cc3)C2=O)cc1. The fraction of sp³-hybridized carbons (Fsp3) is 0.120. The Kier molecular flexibility index (Phi) is 6.63. The van der Waals surface area contributed by atoms with Crippen molar-refractivity contribution >= 4 is 40.6 Å². The van der Waals surface area contributed by atoms with Crippen LogP contribution in [0.3, 0.4) is 0 Å². The third kappa shape index (κ3) is 5.03. The predicted molar refractivity (Wildman–Crippen MR) is 125 cm³/mol. The Balaban J connectivity index is 1.42. The number of thioether (sulfide) groups is 1. The summed E-state index contributed by atoms with van der Waals surface area (Å²) in [5.74, 6) is -0.195. The van der Waals surface area contributed by atoms with Gasteiger partial charge in [-0.1, -0.05) is 59.6 Å². The van der Waals surface area contributed by atoms with Crippen molar-refractivity contribution < 1.29 is 18.7 Å². The summed E-state index contributed by atoms with van der Waals surface area (Å²) in [6.45, 7) is 2.23. The molecular weight excluding hydrogens is 449 g/mol. The molecule has 162 valence electrons. The van der Waals surface area contributed by atoms with Gasteiger partial charge in [-0.15, -0.1) is 0 Å². The van der Waals surface area contributed by atoms with E-state index in [-0.39, 0.29) is 24.3 Å². The van der Waals surface area contributed by atoms with Crippen LogP contribution in [0.2, 0.25) is 5.02 Å². The maximum Gasteiger partial charge on any atom is 0.293 e. The van der Waals surface area contributed by atoms with Gasteiger partial charge in [0.2, 0.25) is 0 Å². The highest BCUT2D eigenvalue weighted by molar-refractivity contribution is 8.18. The van der Waals surface area contributed by atoms with Gasteiger partial charge in [0.15, 0.2) is 0 Å². The van der Waals surface area contributed by atoms with Crippen molar-refractivity contribution in [1.29, 1.82) is 0 Å². The molecule has 4 rings (SSSR count). The van der Waals surface area contributed by atoms with E-state index >= 15 is 0 Å². The quantitative estimate of drug-likeness (QED) is 0.383. The molecule has 1 aliphatic rings. The lowest BCUT2D eigenvalue weighted by Gasteiger charge is -2.12. The molecule has 2 amide bonds. The highest BCUT2D eigenvalue weighted by Crippen LogP contribution is 2.33. The molecule has 3 aromatic rings. The summed E-state index contributed by atoms with van der Waals surface area (Å²) in [7, 11) is 0. The van der Waals surface area contributed by atoms with Crippen LogP contribution in [0.1, 0.15) is 22.3 Å². The number of rotatable bonds is 6. The van der Waals surface area contributed by atoms with Crippen molar-refractivity contribution in [2.24, 2.45) is 0 Å². The Morgan fingerprint density at radius 1 is 1.03 bits per heavy atom. The summed E-state index contributed by atoms with van der Waals surface area (Å²) in [5, 5.41) is 0.0199. The summed E-state index contributed by atoms with van der Waals surface area (Å²) >= 11 is 6.94. The highest BCUT2D eigenvalue weighted by atomic mass is 35.5. The number of carbonyl (C=O) groups excluding carboxylic acids is 2. The zero-order chi connectivity index (χ0) is 22.7. The third-order valence-corrected chi connectivity index (χ3v) is 6.22. The van der Waals surface area contributed by atoms with Crippen LogP contribution in [-0.4, -0.2) is 16.0 Å². The van der Waals surface area contributed by atoms with E-state index in [0.717, 1.165) is 28.5 Å². The first-order valence-electron chi connectivity index (χ1n) is 9.87. The Hall–Kier alpha value is -3.09. The topological polar surface area (TPSA) is 46.6 Å². The number of carbonyl (C=O) groups is 2. The Morgan fingerprint density at radius 2 is 1.75 bits per heavy atom. The van der Waals surface area contributed by atoms with Gasteiger partial charge in [-0.05, 0) is 60.2 Å². The molecule has 0 saturated carbocycles. The van der Waals surface area contributed by atoms with Gasteiger partial charge in [0.1, 0.15) is 18.2 Å². The van der Waals surface area contributed by atoms with E-state index in [1.165, 1.54) is 11.0 Å². The lowest BCUT2D eigenvalue weighted by atomic mass is 10.1. The minimum absolute atomic E-state index is 0.00273. The smallest absolute Gasteiger partial charge is 0.293 e. The molecule has 32 heavy (non-hydrogen) atoms. The summed E-state index contributed by atoms with van der Waals surface area (Å²) < 4.78 is 19.5. The van der Waals surface area contributed by atoms with Crippen molar-refractivity contribution in [1.82, 2.24) is 4.90 Å². The fourth-order valence-electron chi connectivity index (χ4n) is 3.15. The van der Waals surface area contributed by atoms with Gasteiger partial charge in [-0.3, -0.25) is 14.5 Å². The fourth-order valence-corrected chi connectivity index (χ4v) is 4.21. The van der Waals surface area contributed by atoms with Crippen LogP contribution in [0.25, 0.3) is 6.08 Å². The van der Waals surface area contributed by atoms with Gasteiger partial charge in [-0.2, -0.15) is 0 Å². The van der Waals surface area contributed by atoms with Gasteiger partial charge in [0, 0.05) is 5.56 Å². The van der Waals surface area contributed by atoms with Crippen LogP contribution in [0.15, 0.2) is 71.6 Å². The van der Waals surface area contributed by atoms with Gasteiger partial charge in [-0.25, -0.2) is 4.39 Å². The number of aryl methyl sites for hydroxylation is 1. The molecule has 3 aromatic carbocycles. The second kappa shape index (κ2) is 9.59. The van der Waals surface area contributed by atoms with Gasteiger partial charge < -0.3 is 4.74 Å². The van der Waals surface area contributed by atoms with Crippen LogP contribution >= 0.6 is 23.4 Å². The van der Waals surface area contributed by atoms with Crippen LogP contribution in [0, 0.1) is 12.7 Å². The third-order valence-electron chi connectivity index (χ3n) is 4.96. The monoisotopic (exact) mass is 467 g/mol. The molecule has 0 atom stereocenters. The summed E-state index contributed by atoms with van der Waals surface area (Å²) in [6.07, 6.45) is 1.68. The number of halogens is 2. The number of ether oxygens (including phenoxy) is 1. The summed E-state index contributed by atoms with van der Waals surface area (Å²) in [5.41, 5.74) is 3.06. The van der Waals surface area contributed by atoms with E-state index in [2.05, 4.69) is 0 Å². The first-order chi connectivity index (χ1) is 15.4. The standard InChI is InChI=1S/C25H19ClFNO3S/c1-16-5-7-18(8-6-16)14-28-24(29)23(32-25(28)30)13-17-9-11-19(12-10-17)31-15-20-21(26)3-2-4-22(20)27/h2-13H,14-15H2,1H3/b23-13-. The number of hydrogen-bond acceptors (Lipinski definition) is 4. The number of nitrogens with zero attached hydrogens (tertiary/aromatic N) is 1. The Morgan fingerprint density at radius 3 is 2.44 bits per heavy atom. The van der Waals surface area contributed by atoms with E-state index in [0.29, 0.717) is 21.2 Å². The van der Waals surface area contributed by atoms with Crippen LogP contribution in [-0.2, 0) is 17.9 Å². The summed E-state index contributed by atoms with van der Waals surface area (Å²) in [4.78, 5) is 26.7. The molecule has 7 heteroatoms. The first-order valence-corrected chi connectivity index (χ1v) is 11.1. The van der Waals surface area contributed by atoms with Crippen molar-refractivity contribution in [2.45, 2.75) is 20.1 Å². The number of amides is 2. The lowest BCUT2D eigenvalue weighted by molar-refractivity contribution is -0.123. The maximum atomic E-state index is 13.9. The molecule has 1 aliphatic heterocycles. The Labute approximate surface area is 194 Å². The molecule has 0 radical (unpaired) electrons. The van der Waals surface area contributed by atoms with Crippen LogP contribution < -0.4 is 4.74 Å². The van der Waals surface area contributed by atoms with Crippen molar-refractivity contribution in [3.63, 3.8) is 0 Å². The summed E-state index contributed by atoms with van der Waals surface area (Å²) in [6, 6.07) is 19.2. The molecule has 0 N–H and O–H groups in total. The van der Waals surface area contributed by atoms with E-state index in [1.54, 1.807) is 42.5 Å². The van der Waals surface area contributed by atoms with E-state index in [9.17, 15) is 14.0 Å². The molecule has 0 bridgehead atoms. The molecule has 1 fully saturated rings. The van der Waals surface area contributed by atoms with Gasteiger partial charge in [0.05, 0.1) is 16.5 Å². The van der Waals surface area contributed by atoms with Crippen molar-refractivity contribution in [3.8, 4) is 5.75 Å². The molecule has 4 nitrogen and oxygen atoms in total. The van der Waals surface area contributed by atoms with Crippen LogP contribution in [0.4, 0.5) is 9.18 Å². The number of benzene rings is 3. The average Bonchev–Trinajstić information content (AvgIpc) is 3.03. The second-order valence-electron chi connectivity index (χ2n) is 7.31. The molecule has 0 spiro atoms. The Bertz CT molecular complexity index is 1170. The van der Waals surface area contributed by atoms with E-state index in [4.69, 9.17) is 16.3 Å². The lowest BCUT2D eigenvalue weighted by Crippen LogP contribution is -2.27. The highest BCUT2D eigenvalue weighted by Gasteiger charge is 2.34. The molecule has 0 unspecified atom stereocenters. The van der Waals surface area contributed by atoms with Gasteiger partial charge in [0.25, 0.3) is 11.1 Å². The number of imide groups is 1. The molecular formula is C25H19ClFNO3S. The number of hydrogen-bond donors (Lipinski definition) is 0. The van der Waals surface area contributed by atoms with Gasteiger partial charge >= 0.3 is 0 Å². The predicted octanol–water partition coefficient (Wildman–Crippen LogP) is 6.60.